The molecule has 0 bridgehead atoms. The normalized spacial score (nSPS) is 20.6. The molecule has 1 fully saturated rings. The molecule has 1 aromatic carbocycles. The predicted octanol–water partition coefficient (Wildman–Crippen LogP) is 1.83. The van der Waals surface area contributed by atoms with Crippen LogP contribution in [0, 0.1) is 0 Å². The monoisotopic (exact) mass is 270 g/mol. The van der Waals surface area contributed by atoms with Gasteiger partial charge in [0.15, 0.2) is 0 Å². The molecule has 0 aliphatic carbocycles. The summed E-state index contributed by atoms with van der Waals surface area (Å²) >= 11 is 0. The van der Waals surface area contributed by atoms with Crippen LogP contribution in [0.15, 0.2) is 30.5 Å². The lowest BCUT2D eigenvalue weighted by Crippen LogP contribution is -2.51. The van der Waals surface area contributed by atoms with E-state index in [9.17, 15) is 0 Å². The van der Waals surface area contributed by atoms with Gasteiger partial charge in [0, 0.05) is 49.4 Å². The second-order valence-corrected chi connectivity index (χ2v) is 5.66. The van der Waals surface area contributed by atoms with Crippen molar-refractivity contribution in [1.82, 2.24) is 9.88 Å². The van der Waals surface area contributed by atoms with E-state index in [-0.39, 0.29) is 0 Å². The van der Waals surface area contributed by atoms with Crippen LogP contribution in [0.4, 0.5) is 5.69 Å². The van der Waals surface area contributed by atoms with Gasteiger partial charge in [-0.05, 0) is 20.0 Å². The summed E-state index contributed by atoms with van der Waals surface area (Å²) in [6.45, 7) is 6.03. The van der Waals surface area contributed by atoms with Crippen molar-refractivity contribution in [2.24, 2.45) is 5.73 Å². The van der Waals surface area contributed by atoms with Crippen molar-refractivity contribution in [2.45, 2.75) is 19.5 Å². The third-order valence-electron chi connectivity index (χ3n) is 4.16. The summed E-state index contributed by atoms with van der Waals surface area (Å²) in [4.78, 5) is 9.40. The molecule has 0 radical (unpaired) electrons. The molecule has 2 heterocycles. The van der Waals surface area contributed by atoms with Gasteiger partial charge in [-0.25, -0.2) is 0 Å². The van der Waals surface area contributed by atoms with Crippen LogP contribution in [0.1, 0.15) is 12.5 Å². The summed E-state index contributed by atoms with van der Waals surface area (Å²) in [5.74, 6) is 0. The average molecular weight is 270 g/mol. The van der Waals surface area contributed by atoms with Crippen LogP contribution >= 0.6 is 0 Å². The summed E-state index contributed by atoms with van der Waals surface area (Å²) in [5, 5.41) is 1.21. The largest absolute Gasteiger partial charge is 0.365 e. The van der Waals surface area contributed by atoms with E-state index >= 15 is 0 Å². The molecule has 106 valence electrons. The first-order chi connectivity index (χ1) is 9.70. The molecule has 1 saturated heterocycles. The van der Waals surface area contributed by atoms with Crippen LogP contribution in [-0.4, -0.2) is 42.6 Å². The van der Waals surface area contributed by atoms with Gasteiger partial charge in [-0.3, -0.25) is 4.98 Å². The zero-order valence-electron chi connectivity index (χ0n) is 12.2. The Balaban J connectivity index is 2.13. The van der Waals surface area contributed by atoms with Gasteiger partial charge in [0.25, 0.3) is 0 Å². The third-order valence-corrected chi connectivity index (χ3v) is 4.16. The molecular formula is C16H22N4. The van der Waals surface area contributed by atoms with E-state index in [0.29, 0.717) is 12.6 Å². The Morgan fingerprint density at radius 1 is 1.30 bits per heavy atom. The zero-order valence-corrected chi connectivity index (χ0v) is 12.2. The minimum absolute atomic E-state index is 0.491. The minimum atomic E-state index is 0.491. The van der Waals surface area contributed by atoms with Crippen molar-refractivity contribution in [3.63, 3.8) is 0 Å². The highest BCUT2D eigenvalue weighted by atomic mass is 15.3. The van der Waals surface area contributed by atoms with Crippen LogP contribution in [0.25, 0.3) is 10.9 Å². The predicted molar refractivity (Wildman–Crippen MR) is 83.9 cm³/mol. The second kappa shape index (κ2) is 5.38. The molecule has 1 aromatic heterocycles. The van der Waals surface area contributed by atoms with E-state index in [2.05, 4.69) is 47.0 Å². The number of hydrogen-bond acceptors (Lipinski definition) is 4. The molecule has 2 N–H and O–H groups in total. The highest BCUT2D eigenvalue weighted by Crippen LogP contribution is 2.31. The maximum absolute atomic E-state index is 5.94. The Morgan fingerprint density at radius 2 is 2.10 bits per heavy atom. The standard InChI is InChI=1S/C16H22N4/c1-12-11-19(2)7-8-20(12)16-13(9-17)10-18-15-6-4-3-5-14(15)16/h3-6,10,12H,7-9,11,17H2,1-2H3. The van der Waals surface area contributed by atoms with Crippen molar-refractivity contribution in [3.05, 3.63) is 36.0 Å². The molecular weight excluding hydrogens is 248 g/mol. The van der Waals surface area contributed by atoms with Crippen molar-refractivity contribution in [1.29, 1.82) is 0 Å². The third kappa shape index (κ3) is 2.25. The number of nitrogens with two attached hydrogens (primary N) is 1. The van der Waals surface area contributed by atoms with Crippen molar-refractivity contribution >= 4 is 16.6 Å². The first kappa shape index (κ1) is 13.3. The quantitative estimate of drug-likeness (QED) is 0.904. The molecule has 4 heteroatoms. The fourth-order valence-corrected chi connectivity index (χ4v) is 3.13. The van der Waals surface area contributed by atoms with E-state index in [1.165, 1.54) is 11.1 Å². The van der Waals surface area contributed by atoms with Gasteiger partial charge in [-0.15, -0.1) is 0 Å². The maximum atomic E-state index is 5.94. The lowest BCUT2D eigenvalue weighted by atomic mass is 10.0. The lowest BCUT2D eigenvalue weighted by Gasteiger charge is -2.41. The number of rotatable bonds is 2. The number of likely N-dealkylation sites (N-methyl/N-ethyl adjacent to an activating group) is 1. The topological polar surface area (TPSA) is 45.4 Å². The molecule has 1 aliphatic heterocycles. The number of hydrogen-bond donors (Lipinski definition) is 1. The van der Waals surface area contributed by atoms with Crippen LogP contribution < -0.4 is 10.6 Å². The zero-order chi connectivity index (χ0) is 14.1. The molecule has 4 nitrogen and oxygen atoms in total. The van der Waals surface area contributed by atoms with E-state index in [0.717, 1.165) is 30.7 Å². The number of anilines is 1. The fraction of sp³-hybridized carbons (Fsp3) is 0.438. The first-order valence-corrected chi connectivity index (χ1v) is 7.22. The highest BCUT2D eigenvalue weighted by Gasteiger charge is 2.25. The van der Waals surface area contributed by atoms with E-state index in [4.69, 9.17) is 5.73 Å². The molecule has 3 rings (SSSR count). The number of fused-ring (bicyclic) bond motifs is 1. The smallest absolute Gasteiger partial charge is 0.0723 e. The van der Waals surface area contributed by atoms with Crippen LogP contribution in [-0.2, 0) is 6.54 Å². The summed E-state index contributed by atoms with van der Waals surface area (Å²) in [6.07, 6.45) is 1.93. The fourth-order valence-electron chi connectivity index (χ4n) is 3.13. The molecule has 0 amide bonds. The molecule has 0 saturated carbocycles. The average Bonchev–Trinajstić information content (AvgIpc) is 2.46. The van der Waals surface area contributed by atoms with Crippen LogP contribution in [0.3, 0.4) is 0 Å². The number of para-hydroxylation sites is 1. The maximum Gasteiger partial charge on any atom is 0.0723 e. The van der Waals surface area contributed by atoms with E-state index < -0.39 is 0 Å². The summed E-state index contributed by atoms with van der Waals surface area (Å²) in [6, 6.07) is 8.83. The summed E-state index contributed by atoms with van der Waals surface area (Å²) < 4.78 is 0. The molecule has 0 spiro atoms. The Labute approximate surface area is 120 Å². The molecule has 1 unspecified atom stereocenters. The van der Waals surface area contributed by atoms with Gasteiger partial charge >= 0.3 is 0 Å². The SMILES string of the molecule is CC1CN(C)CCN1c1c(CN)cnc2ccccc12. The molecule has 2 aromatic rings. The first-order valence-electron chi connectivity index (χ1n) is 7.22. The Hall–Kier alpha value is -1.65. The molecule has 1 atom stereocenters. The summed E-state index contributed by atoms with van der Waals surface area (Å²) in [5.41, 5.74) is 9.41. The van der Waals surface area contributed by atoms with Gasteiger partial charge < -0.3 is 15.5 Å². The Kier molecular flexibility index (Phi) is 3.59. The lowest BCUT2D eigenvalue weighted by molar-refractivity contribution is 0.275. The highest BCUT2D eigenvalue weighted by molar-refractivity contribution is 5.93. The van der Waals surface area contributed by atoms with E-state index in [1.54, 1.807) is 0 Å². The van der Waals surface area contributed by atoms with Gasteiger partial charge in [0.1, 0.15) is 0 Å². The van der Waals surface area contributed by atoms with Gasteiger partial charge in [0.2, 0.25) is 0 Å². The molecule has 20 heavy (non-hydrogen) atoms. The van der Waals surface area contributed by atoms with Gasteiger partial charge in [-0.1, -0.05) is 18.2 Å². The number of piperazine rings is 1. The van der Waals surface area contributed by atoms with Crippen molar-refractivity contribution in [3.8, 4) is 0 Å². The van der Waals surface area contributed by atoms with Gasteiger partial charge in [0.05, 0.1) is 11.2 Å². The van der Waals surface area contributed by atoms with Gasteiger partial charge in [-0.2, -0.15) is 0 Å². The Morgan fingerprint density at radius 3 is 2.85 bits per heavy atom. The van der Waals surface area contributed by atoms with Crippen LogP contribution in [0.2, 0.25) is 0 Å². The van der Waals surface area contributed by atoms with Crippen LogP contribution in [0.5, 0.6) is 0 Å². The number of pyridine rings is 1. The number of nitrogens with zero attached hydrogens (tertiary/aromatic N) is 3. The summed E-state index contributed by atoms with van der Waals surface area (Å²) in [7, 11) is 2.18. The van der Waals surface area contributed by atoms with E-state index in [1.807, 2.05) is 12.3 Å². The number of aromatic nitrogens is 1. The second-order valence-electron chi connectivity index (χ2n) is 5.66. The van der Waals surface area contributed by atoms with Crippen molar-refractivity contribution < 1.29 is 0 Å². The minimum Gasteiger partial charge on any atom is -0.365 e. The van der Waals surface area contributed by atoms with Crippen molar-refractivity contribution in [2.75, 3.05) is 31.6 Å². The number of benzene rings is 1. The Bertz CT molecular complexity index is 610. The molecule has 1 aliphatic rings.